The minimum atomic E-state index is -0.191. The van der Waals surface area contributed by atoms with Crippen molar-refractivity contribution in [2.75, 3.05) is 23.3 Å². The first-order valence-electron chi connectivity index (χ1n) is 10.9. The number of nitrogens with zero attached hydrogens (tertiary/aromatic N) is 1. The Labute approximate surface area is 186 Å². The van der Waals surface area contributed by atoms with E-state index in [2.05, 4.69) is 31.5 Å². The lowest BCUT2D eigenvalue weighted by atomic mass is 9.95. The van der Waals surface area contributed by atoms with Crippen LogP contribution in [-0.2, 0) is 0 Å². The number of carbonyl (C=O) groups is 2. The molecule has 2 amide bonds. The third-order valence-corrected chi connectivity index (χ3v) is 6.47. The van der Waals surface area contributed by atoms with Crippen LogP contribution in [0.4, 0.5) is 11.4 Å². The average Bonchev–Trinajstić information content (AvgIpc) is 3.29. The summed E-state index contributed by atoms with van der Waals surface area (Å²) in [4.78, 5) is 28.1. The quantitative estimate of drug-likeness (QED) is 0.618. The van der Waals surface area contributed by atoms with Gasteiger partial charge in [0.05, 0.1) is 5.56 Å². The highest BCUT2D eigenvalue weighted by molar-refractivity contribution is 9.10. The second-order valence-electron chi connectivity index (χ2n) is 8.20. The highest BCUT2D eigenvalue weighted by atomic mass is 79.9. The Hall–Kier alpha value is -2.34. The van der Waals surface area contributed by atoms with Crippen LogP contribution in [-0.4, -0.2) is 30.9 Å². The van der Waals surface area contributed by atoms with Crippen molar-refractivity contribution in [1.29, 1.82) is 0 Å². The number of amides is 2. The van der Waals surface area contributed by atoms with E-state index in [4.69, 9.17) is 0 Å². The zero-order valence-corrected chi connectivity index (χ0v) is 18.7. The summed E-state index contributed by atoms with van der Waals surface area (Å²) in [6.07, 6.45) is 7.98. The van der Waals surface area contributed by atoms with E-state index in [0.29, 0.717) is 16.8 Å². The van der Waals surface area contributed by atoms with E-state index < -0.39 is 0 Å². The number of carbonyl (C=O) groups excluding carboxylic acids is 2. The van der Waals surface area contributed by atoms with E-state index in [0.717, 1.165) is 48.9 Å². The fraction of sp³-hybridized carbons (Fsp3) is 0.417. The molecule has 0 spiro atoms. The van der Waals surface area contributed by atoms with Crippen LogP contribution in [0.1, 0.15) is 65.7 Å². The molecule has 0 atom stereocenters. The molecule has 0 aromatic heterocycles. The summed E-state index contributed by atoms with van der Waals surface area (Å²) in [6.45, 7) is 1.93. The molecule has 1 heterocycles. The highest BCUT2D eigenvalue weighted by Crippen LogP contribution is 2.29. The van der Waals surface area contributed by atoms with E-state index >= 15 is 0 Å². The van der Waals surface area contributed by atoms with Gasteiger partial charge in [-0.25, -0.2) is 0 Å². The Morgan fingerprint density at radius 1 is 0.900 bits per heavy atom. The third kappa shape index (κ3) is 5.04. The molecule has 1 aliphatic heterocycles. The largest absolute Gasteiger partial charge is 0.371 e. The van der Waals surface area contributed by atoms with Crippen LogP contribution in [0.25, 0.3) is 0 Å². The maximum absolute atomic E-state index is 13.2. The predicted octanol–water partition coefficient (Wildman–Crippen LogP) is 5.36. The molecule has 2 aromatic carbocycles. The van der Waals surface area contributed by atoms with Crippen molar-refractivity contribution >= 4 is 39.1 Å². The van der Waals surface area contributed by atoms with Crippen molar-refractivity contribution in [3.63, 3.8) is 0 Å². The minimum Gasteiger partial charge on any atom is -0.371 e. The summed E-state index contributed by atoms with van der Waals surface area (Å²) in [5, 5.41) is 6.18. The van der Waals surface area contributed by atoms with Crippen LogP contribution < -0.4 is 15.5 Å². The van der Waals surface area contributed by atoms with Crippen molar-refractivity contribution in [2.45, 2.75) is 51.0 Å². The molecule has 0 bridgehead atoms. The average molecular weight is 470 g/mol. The topological polar surface area (TPSA) is 61.4 Å². The lowest BCUT2D eigenvalue weighted by Gasteiger charge is -2.25. The molecule has 2 fully saturated rings. The summed E-state index contributed by atoms with van der Waals surface area (Å²) in [7, 11) is 0. The van der Waals surface area contributed by atoms with Crippen LogP contribution in [0, 0.1) is 0 Å². The molecule has 158 valence electrons. The fourth-order valence-electron chi connectivity index (χ4n) is 4.37. The molecule has 0 unspecified atom stereocenters. The van der Waals surface area contributed by atoms with Crippen LogP contribution in [0.5, 0.6) is 0 Å². The van der Waals surface area contributed by atoms with Gasteiger partial charge in [0, 0.05) is 40.5 Å². The predicted molar refractivity (Wildman–Crippen MR) is 124 cm³/mol. The van der Waals surface area contributed by atoms with E-state index in [1.807, 2.05) is 30.3 Å². The smallest absolute Gasteiger partial charge is 0.255 e. The van der Waals surface area contributed by atoms with Gasteiger partial charge in [0.25, 0.3) is 11.8 Å². The van der Waals surface area contributed by atoms with E-state index in [-0.39, 0.29) is 17.9 Å². The van der Waals surface area contributed by atoms with Gasteiger partial charge < -0.3 is 15.5 Å². The molecule has 1 saturated carbocycles. The second kappa shape index (κ2) is 9.65. The van der Waals surface area contributed by atoms with Crippen molar-refractivity contribution in [2.24, 2.45) is 0 Å². The number of hydrogen-bond acceptors (Lipinski definition) is 3. The Morgan fingerprint density at radius 2 is 1.67 bits per heavy atom. The first-order chi connectivity index (χ1) is 14.6. The molecule has 2 aromatic rings. The molecule has 4 rings (SSSR count). The van der Waals surface area contributed by atoms with Crippen LogP contribution in [0.3, 0.4) is 0 Å². The number of benzene rings is 2. The highest BCUT2D eigenvalue weighted by Gasteiger charge is 2.23. The molecular formula is C24H28BrN3O2. The minimum absolute atomic E-state index is 0.0395. The normalized spacial score (nSPS) is 17.0. The van der Waals surface area contributed by atoms with Crippen molar-refractivity contribution in [3.8, 4) is 0 Å². The first kappa shape index (κ1) is 20.9. The molecule has 2 N–H and O–H groups in total. The Kier molecular flexibility index (Phi) is 6.72. The maximum Gasteiger partial charge on any atom is 0.255 e. The van der Waals surface area contributed by atoms with Gasteiger partial charge >= 0.3 is 0 Å². The van der Waals surface area contributed by atoms with Gasteiger partial charge in [0.1, 0.15) is 0 Å². The Morgan fingerprint density at radius 3 is 2.40 bits per heavy atom. The maximum atomic E-state index is 13.2. The summed E-state index contributed by atoms with van der Waals surface area (Å²) in [6, 6.07) is 13.2. The molecular weight excluding hydrogens is 442 g/mol. The van der Waals surface area contributed by atoms with Crippen molar-refractivity contribution in [1.82, 2.24) is 5.32 Å². The first-order valence-corrected chi connectivity index (χ1v) is 11.7. The Balaban J connectivity index is 1.56. The van der Waals surface area contributed by atoms with Gasteiger partial charge in [-0.3, -0.25) is 9.59 Å². The summed E-state index contributed by atoms with van der Waals surface area (Å²) in [5.74, 6) is -0.230. The Bertz CT molecular complexity index is 918. The SMILES string of the molecule is O=C(Nc1ccc(N2CCCC2)c(C(=O)NC2CCCCC2)c1)c1cccc(Br)c1. The van der Waals surface area contributed by atoms with E-state index in [9.17, 15) is 9.59 Å². The van der Waals surface area contributed by atoms with Gasteiger partial charge in [-0.2, -0.15) is 0 Å². The molecule has 6 heteroatoms. The van der Waals surface area contributed by atoms with Gasteiger partial charge in [-0.05, 0) is 62.1 Å². The standard InChI is InChI=1S/C24H28BrN3O2/c25-18-8-6-7-17(15-18)23(29)27-20-11-12-22(28-13-4-5-14-28)21(16-20)24(30)26-19-9-2-1-3-10-19/h6-8,11-12,15-16,19H,1-5,9-10,13-14H2,(H,26,30)(H,27,29). The summed E-state index contributed by atoms with van der Waals surface area (Å²) in [5.41, 5.74) is 2.81. The lowest BCUT2D eigenvalue weighted by molar-refractivity contribution is 0.0927. The van der Waals surface area contributed by atoms with Crippen molar-refractivity contribution < 1.29 is 9.59 Å². The number of halogens is 1. The van der Waals surface area contributed by atoms with Gasteiger partial charge in [0.15, 0.2) is 0 Å². The molecule has 1 saturated heterocycles. The summed E-state index contributed by atoms with van der Waals surface area (Å²) >= 11 is 3.40. The number of anilines is 2. The van der Waals surface area contributed by atoms with Crippen LogP contribution in [0.2, 0.25) is 0 Å². The number of nitrogens with one attached hydrogen (secondary N) is 2. The molecule has 5 nitrogen and oxygen atoms in total. The molecule has 30 heavy (non-hydrogen) atoms. The van der Waals surface area contributed by atoms with Crippen LogP contribution in [0.15, 0.2) is 46.9 Å². The summed E-state index contributed by atoms with van der Waals surface area (Å²) < 4.78 is 0.854. The number of hydrogen-bond donors (Lipinski definition) is 2. The van der Waals surface area contributed by atoms with E-state index in [1.54, 1.807) is 12.1 Å². The molecule has 2 aliphatic rings. The van der Waals surface area contributed by atoms with Crippen molar-refractivity contribution in [3.05, 3.63) is 58.1 Å². The number of rotatable bonds is 5. The monoisotopic (exact) mass is 469 g/mol. The third-order valence-electron chi connectivity index (χ3n) is 5.97. The van der Waals surface area contributed by atoms with Gasteiger partial charge in [-0.1, -0.05) is 41.3 Å². The zero-order chi connectivity index (χ0) is 20.9. The van der Waals surface area contributed by atoms with E-state index in [1.165, 1.54) is 19.3 Å². The lowest BCUT2D eigenvalue weighted by Crippen LogP contribution is -2.37. The fourth-order valence-corrected chi connectivity index (χ4v) is 4.77. The van der Waals surface area contributed by atoms with Crippen LogP contribution >= 0.6 is 15.9 Å². The molecule has 0 radical (unpaired) electrons. The van der Waals surface area contributed by atoms with Gasteiger partial charge in [0.2, 0.25) is 0 Å². The van der Waals surface area contributed by atoms with Gasteiger partial charge in [-0.15, -0.1) is 0 Å². The molecule has 1 aliphatic carbocycles. The second-order valence-corrected chi connectivity index (χ2v) is 9.11. The zero-order valence-electron chi connectivity index (χ0n) is 17.1.